The van der Waals surface area contributed by atoms with Gasteiger partial charge in [-0.05, 0) is 44.7 Å². The molecule has 1 fully saturated rings. The standard InChI is InChI=1S/C13H22N4/c1-10-8-11(2)16-12(15-10)17-6-4-13(3,9-14)5-7-17/h8H,4-7,9,14H2,1-3H3. The minimum Gasteiger partial charge on any atom is -0.341 e. The second-order valence-corrected chi connectivity index (χ2v) is 5.45. The Morgan fingerprint density at radius 3 is 2.24 bits per heavy atom. The number of hydrogen-bond acceptors (Lipinski definition) is 4. The maximum absolute atomic E-state index is 5.82. The number of nitrogens with two attached hydrogens (primary N) is 1. The van der Waals surface area contributed by atoms with Crippen molar-refractivity contribution in [3.63, 3.8) is 0 Å². The van der Waals surface area contributed by atoms with Crippen LogP contribution >= 0.6 is 0 Å². The van der Waals surface area contributed by atoms with Gasteiger partial charge in [-0.1, -0.05) is 6.92 Å². The predicted molar refractivity (Wildman–Crippen MR) is 70.1 cm³/mol. The molecule has 1 aliphatic heterocycles. The molecular formula is C13H22N4. The fraction of sp³-hybridized carbons (Fsp3) is 0.692. The van der Waals surface area contributed by atoms with Gasteiger partial charge in [-0.25, -0.2) is 9.97 Å². The van der Waals surface area contributed by atoms with Crippen molar-refractivity contribution in [1.82, 2.24) is 9.97 Å². The third-order valence-electron chi connectivity index (χ3n) is 3.72. The van der Waals surface area contributed by atoms with Crippen molar-refractivity contribution >= 4 is 5.95 Å². The van der Waals surface area contributed by atoms with Crippen molar-refractivity contribution in [2.75, 3.05) is 24.5 Å². The molecule has 1 aromatic heterocycles. The van der Waals surface area contributed by atoms with Crippen LogP contribution in [0.5, 0.6) is 0 Å². The second kappa shape index (κ2) is 4.61. The van der Waals surface area contributed by atoms with Crippen molar-refractivity contribution in [2.45, 2.75) is 33.6 Å². The van der Waals surface area contributed by atoms with Crippen LogP contribution in [0.25, 0.3) is 0 Å². The van der Waals surface area contributed by atoms with E-state index in [0.717, 1.165) is 49.8 Å². The van der Waals surface area contributed by atoms with Crippen molar-refractivity contribution < 1.29 is 0 Å². The van der Waals surface area contributed by atoms with Gasteiger partial charge in [0.15, 0.2) is 0 Å². The number of piperidine rings is 1. The third-order valence-corrected chi connectivity index (χ3v) is 3.72. The van der Waals surface area contributed by atoms with Gasteiger partial charge in [0.1, 0.15) is 0 Å². The van der Waals surface area contributed by atoms with Crippen LogP contribution in [0.2, 0.25) is 0 Å². The van der Waals surface area contributed by atoms with Gasteiger partial charge >= 0.3 is 0 Å². The number of anilines is 1. The first kappa shape index (κ1) is 12.3. The summed E-state index contributed by atoms with van der Waals surface area (Å²) in [4.78, 5) is 11.3. The molecule has 0 amide bonds. The van der Waals surface area contributed by atoms with Crippen LogP contribution in [-0.4, -0.2) is 29.6 Å². The lowest BCUT2D eigenvalue weighted by molar-refractivity contribution is 0.257. The fourth-order valence-corrected chi connectivity index (χ4v) is 2.30. The van der Waals surface area contributed by atoms with Gasteiger partial charge in [-0.15, -0.1) is 0 Å². The zero-order valence-electron chi connectivity index (χ0n) is 11.0. The van der Waals surface area contributed by atoms with Gasteiger partial charge in [0.2, 0.25) is 5.95 Å². The molecule has 4 heteroatoms. The SMILES string of the molecule is Cc1cc(C)nc(N2CCC(C)(CN)CC2)n1. The summed E-state index contributed by atoms with van der Waals surface area (Å²) in [7, 11) is 0. The molecule has 0 radical (unpaired) electrons. The van der Waals surface area contributed by atoms with E-state index in [0.29, 0.717) is 5.41 Å². The van der Waals surface area contributed by atoms with E-state index in [1.54, 1.807) is 0 Å². The number of aromatic nitrogens is 2. The first-order chi connectivity index (χ1) is 8.02. The number of hydrogen-bond donors (Lipinski definition) is 1. The Hall–Kier alpha value is -1.16. The lowest BCUT2D eigenvalue weighted by Crippen LogP contribution is -2.43. The summed E-state index contributed by atoms with van der Waals surface area (Å²) in [5, 5.41) is 0. The summed E-state index contributed by atoms with van der Waals surface area (Å²) in [6.07, 6.45) is 2.25. The Balaban J connectivity index is 2.10. The fourth-order valence-electron chi connectivity index (χ4n) is 2.30. The topological polar surface area (TPSA) is 55.0 Å². The molecule has 0 unspecified atom stereocenters. The quantitative estimate of drug-likeness (QED) is 0.845. The van der Waals surface area contributed by atoms with Crippen molar-refractivity contribution in [3.05, 3.63) is 17.5 Å². The largest absolute Gasteiger partial charge is 0.341 e. The Morgan fingerprint density at radius 2 is 1.76 bits per heavy atom. The lowest BCUT2D eigenvalue weighted by Gasteiger charge is -2.38. The first-order valence-electron chi connectivity index (χ1n) is 6.30. The minimum absolute atomic E-state index is 0.301. The molecule has 17 heavy (non-hydrogen) atoms. The van der Waals surface area contributed by atoms with E-state index in [9.17, 15) is 0 Å². The maximum atomic E-state index is 5.82. The zero-order chi connectivity index (χ0) is 12.5. The molecule has 1 aliphatic rings. The average Bonchev–Trinajstić information content (AvgIpc) is 2.29. The molecule has 1 aromatic rings. The Labute approximate surface area is 103 Å². The Kier molecular flexibility index (Phi) is 3.33. The normalized spacial score (nSPS) is 19.4. The third kappa shape index (κ3) is 2.75. The molecular weight excluding hydrogens is 212 g/mol. The molecule has 2 rings (SSSR count). The number of nitrogens with zero attached hydrogens (tertiary/aromatic N) is 3. The molecule has 0 saturated carbocycles. The summed E-state index contributed by atoms with van der Waals surface area (Å²) < 4.78 is 0. The highest BCUT2D eigenvalue weighted by Gasteiger charge is 2.29. The van der Waals surface area contributed by atoms with E-state index in [1.807, 2.05) is 19.9 Å². The van der Waals surface area contributed by atoms with Crippen LogP contribution in [0.4, 0.5) is 5.95 Å². The molecule has 2 N–H and O–H groups in total. The van der Waals surface area contributed by atoms with E-state index < -0.39 is 0 Å². The highest BCUT2D eigenvalue weighted by Crippen LogP contribution is 2.30. The maximum Gasteiger partial charge on any atom is 0.225 e. The number of aryl methyl sites for hydroxylation is 2. The van der Waals surface area contributed by atoms with Crippen LogP contribution in [0.3, 0.4) is 0 Å². The second-order valence-electron chi connectivity index (χ2n) is 5.45. The summed E-state index contributed by atoms with van der Waals surface area (Å²) in [6, 6.07) is 2.01. The molecule has 2 heterocycles. The summed E-state index contributed by atoms with van der Waals surface area (Å²) in [6.45, 7) is 9.10. The molecule has 0 atom stereocenters. The van der Waals surface area contributed by atoms with Crippen LogP contribution in [0.1, 0.15) is 31.2 Å². The van der Waals surface area contributed by atoms with E-state index >= 15 is 0 Å². The predicted octanol–water partition coefficient (Wildman–Crippen LogP) is 1.66. The van der Waals surface area contributed by atoms with Crippen LogP contribution in [0, 0.1) is 19.3 Å². The van der Waals surface area contributed by atoms with Gasteiger partial charge in [-0.2, -0.15) is 0 Å². The molecule has 1 saturated heterocycles. The monoisotopic (exact) mass is 234 g/mol. The van der Waals surface area contributed by atoms with Gasteiger partial charge in [-0.3, -0.25) is 0 Å². The molecule has 0 aromatic carbocycles. The Morgan fingerprint density at radius 1 is 1.24 bits per heavy atom. The minimum atomic E-state index is 0.301. The molecule has 0 bridgehead atoms. The molecule has 0 spiro atoms. The van der Waals surface area contributed by atoms with Crippen molar-refractivity contribution in [3.8, 4) is 0 Å². The van der Waals surface area contributed by atoms with Gasteiger partial charge in [0.05, 0.1) is 0 Å². The molecule has 0 aliphatic carbocycles. The summed E-state index contributed by atoms with van der Waals surface area (Å²) in [5.74, 6) is 0.876. The zero-order valence-corrected chi connectivity index (χ0v) is 11.0. The average molecular weight is 234 g/mol. The summed E-state index contributed by atoms with van der Waals surface area (Å²) >= 11 is 0. The highest BCUT2D eigenvalue weighted by molar-refractivity contribution is 5.33. The van der Waals surface area contributed by atoms with Crippen molar-refractivity contribution in [2.24, 2.45) is 11.1 Å². The van der Waals surface area contributed by atoms with E-state index in [2.05, 4.69) is 21.8 Å². The van der Waals surface area contributed by atoms with E-state index in [1.165, 1.54) is 0 Å². The van der Waals surface area contributed by atoms with Crippen LogP contribution in [-0.2, 0) is 0 Å². The van der Waals surface area contributed by atoms with Crippen LogP contribution in [0.15, 0.2) is 6.07 Å². The van der Waals surface area contributed by atoms with Crippen LogP contribution < -0.4 is 10.6 Å². The Bertz CT molecular complexity index is 374. The van der Waals surface area contributed by atoms with Gasteiger partial charge in [0, 0.05) is 24.5 Å². The van der Waals surface area contributed by atoms with Gasteiger partial charge < -0.3 is 10.6 Å². The van der Waals surface area contributed by atoms with E-state index in [4.69, 9.17) is 5.73 Å². The summed E-state index contributed by atoms with van der Waals surface area (Å²) in [5.41, 5.74) is 8.20. The number of rotatable bonds is 2. The highest BCUT2D eigenvalue weighted by atomic mass is 15.3. The van der Waals surface area contributed by atoms with Crippen molar-refractivity contribution in [1.29, 1.82) is 0 Å². The molecule has 94 valence electrons. The molecule has 4 nitrogen and oxygen atoms in total. The lowest BCUT2D eigenvalue weighted by atomic mass is 9.81. The first-order valence-corrected chi connectivity index (χ1v) is 6.30. The van der Waals surface area contributed by atoms with Gasteiger partial charge in [0.25, 0.3) is 0 Å². The smallest absolute Gasteiger partial charge is 0.225 e. The van der Waals surface area contributed by atoms with E-state index in [-0.39, 0.29) is 0 Å².